The second-order valence-electron chi connectivity index (χ2n) is 10.5. The average molecular weight is 551 g/mol. The molecule has 0 atom stereocenters. The van der Waals surface area contributed by atoms with Crippen molar-refractivity contribution in [1.82, 2.24) is 19.7 Å². The number of carbonyl (C=O) groups is 1. The number of aliphatic hydroxyl groups is 1. The smallest absolute Gasteiger partial charge is 0.382 e. The van der Waals surface area contributed by atoms with Gasteiger partial charge in [-0.1, -0.05) is 0 Å². The second kappa shape index (κ2) is 9.54. The Morgan fingerprint density at radius 1 is 0.974 bits per heavy atom. The summed E-state index contributed by atoms with van der Waals surface area (Å²) in [6.45, 7) is 3.78. The van der Waals surface area contributed by atoms with Crippen LogP contribution in [0.1, 0.15) is 57.3 Å². The Hall–Kier alpha value is -3.61. The minimum absolute atomic E-state index is 0.00982. The number of benzene rings is 1. The highest BCUT2D eigenvalue weighted by atomic mass is 19.4. The lowest BCUT2D eigenvalue weighted by atomic mass is 9.78. The zero-order valence-corrected chi connectivity index (χ0v) is 21.3. The maximum Gasteiger partial charge on any atom is 0.419 e. The van der Waals surface area contributed by atoms with Crippen molar-refractivity contribution in [3.63, 3.8) is 0 Å². The van der Waals surface area contributed by atoms with Gasteiger partial charge < -0.3 is 14.9 Å². The number of alkyl halides is 3. The van der Waals surface area contributed by atoms with Gasteiger partial charge in [-0.25, -0.2) is 23.4 Å². The van der Waals surface area contributed by atoms with E-state index in [1.54, 1.807) is 4.90 Å². The predicted molar refractivity (Wildman–Crippen MR) is 131 cm³/mol. The predicted octanol–water partition coefficient (Wildman–Crippen LogP) is 4.74. The molecule has 2 saturated heterocycles. The van der Waals surface area contributed by atoms with Gasteiger partial charge >= 0.3 is 6.18 Å². The van der Waals surface area contributed by atoms with Crippen LogP contribution >= 0.6 is 0 Å². The Morgan fingerprint density at radius 2 is 1.67 bits per heavy atom. The summed E-state index contributed by atoms with van der Waals surface area (Å²) in [6, 6.07) is 4.95. The van der Waals surface area contributed by atoms with Crippen molar-refractivity contribution in [1.29, 1.82) is 0 Å². The molecule has 0 bridgehead atoms. The molecule has 1 spiro atoms. The number of halogens is 5. The number of hydrogen-bond donors (Lipinski definition) is 1. The van der Waals surface area contributed by atoms with Crippen LogP contribution in [0.3, 0.4) is 0 Å². The van der Waals surface area contributed by atoms with Crippen molar-refractivity contribution in [2.45, 2.75) is 63.3 Å². The fraction of sp³-hybridized carbons (Fsp3) is 0.462. The van der Waals surface area contributed by atoms with Crippen LogP contribution in [-0.2, 0) is 16.6 Å². The van der Waals surface area contributed by atoms with E-state index in [0.717, 1.165) is 23.0 Å². The lowest BCUT2D eigenvalue weighted by Gasteiger charge is -2.51. The molecule has 1 amide bonds. The first-order valence-electron chi connectivity index (χ1n) is 12.5. The van der Waals surface area contributed by atoms with E-state index in [-0.39, 0.29) is 17.5 Å². The fourth-order valence-electron chi connectivity index (χ4n) is 5.29. The summed E-state index contributed by atoms with van der Waals surface area (Å²) in [5.41, 5.74) is -2.72. The van der Waals surface area contributed by atoms with Crippen LogP contribution in [0.4, 0.5) is 33.5 Å². The van der Waals surface area contributed by atoms with Crippen LogP contribution in [0.2, 0.25) is 0 Å². The van der Waals surface area contributed by atoms with Gasteiger partial charge in [0.2, 0.25) is 5.91 Å². The first-order chi connectivity index (χ1) is 18.3. The van der Waals surface area contributed by atoms with E-state index < -0.39 is 34.5 Å². The molecule has 1 N–H and O–H groups in total. The lowest BCUT2D eigenvalue weighted by molar-refractivity contribution is -0.137. The molecule has 2 fully saturated rings. The van der Waals surface area contributed by atoms with Crippen molar-refractivity contribution in [2.24, 2.45) is 0 Å². The Morgan fingerprint density at radius 3 is 2.28 bits per heavy atom. The molecule has 0 aliphatic carbocycles. The molecule has 0 radical (unpaired) electrons. The summed E-state index contributed by atoms with van der Waals surface area (Å²) in [4.78, 5) is 25.2. The highest BCUT2D eigenvalue weighted by molar-refractivity contribution is 5.95. The van der Waals surface area contributed by atoms with E-state index in [1.807, 2.05) is 4.90 Å². The Bertz CT molecular complexity index is 1390. The quantitative estimate of drug-likeness (QED) is 0.473. The molecule has 13 heteroatoms. The average Bonchev–Trinajstić information content (AvgIpc) is 3.37. The highest BCUT2D eigenvalue weighted by Gasteiger charge is 2.45. The van der Waals surface area contributed by atoms with E-state index in [0.29, 0.717) is 62.9 Å². The highest BCUT2D eigenvalue weighted by Crippen LogP contribution is 2.42. The van der Waals surface area contributed by atoms with E-state index in [2.05, 4.69) is 15.1 Å². The zero-order valence-electron chi connectivity index (χ0n) is 21.3. The van der Waals surface area contributed by atoms with E-state index >= 15 is 0 Å². The van der Waals surface area contributed by atoms with Crippen molar-refractivity contribution in [2.75, 3.05) is 22.9 Å². The molecule has 2 aliphatic heterocycles. The molecule has 3 aromatic rings. The van der Waals surface area contributed by atoms with Crippen LogP contribution in [-0.4, -0.2) is 49.4 Å². The lowest BCUT2D eigenvalue weighted by Crippen LogP contribution is -2.60. The number of nitrogens with zero attached hydrogens (tertiary/aromatic N) is 6. The van der Waals surface area contributed by atoms with Crippen molar-refractivity contribution >= 4 is 17.4 Å². The van der Waals surface area contributed by atoms with Gasteiger partial charge in [-0.15, -0.1) is 0 Å². The third-order valence-corrected chi connectivity index (χ3v) is 7.33. The van der Waals surface area contributed by atoms with Gasteiger partial charge in [-0.3, -0.25) is 4.79 Å². The minimum atomic E-state index is -4.58. The number of hydrogen-bond acceptors (Lipinski definition) is 6. The molecule has 4 heterocycles. The van der Waals surface area contributed by atoms with Gasteiger partial charge in [0.1, 0.15) is 11.4 Å². The summed E-state index contributed by atoms with van der Waals surface area (Å²) < 4.78 is 68.1. The van der Waals surface area contributed by atoms with Gasteiger partial charge in [-0.2, -0.15) is 18.3 Å². The van der Waals surface area contributed by atoms with Crippen LogP contribution in [0, 0.1) is 11.6 Å². The molecule has 2 aromatic heterocycles. The molecular weight excluding hydrogens is 523 g/mol. The first-order valence-corrected chi connectivity index (χ1v) is 12.5. The number of piperidine rings is 2. The third-order valence-electron chi connectivity index (χ3n) is 7.33. The molecule has 0 unspecified atom stereocenters. The summed E-state index contributed by atoms with van der Waals surface area (Å²) in [5.74, 6) is -1.72. The largest absolute Gasteiger partial charge is 0.419 e. The number of amides is 1. The number of carbonyl (C=O) groups excluding carboxylic acids is 1. The summed E-state index contributed by atoms with van der Waals surface area (Å²) in [7, 11) is 0. The molecule has 1 aromatic carbocycles. The zero-order chi connectivity index (χ0) is 28.2. The standard InChI is InChI=1S/C26H27F5N6O2/c1-24(2,39)23-33-20(13-21(34-23)36-15-16(14-32-36)26(29,30)31)35-10-8-25(9-11-35)7-3-4-22(38)37(25)17-5-6-18(27)19(28)12-17/h5-6,12-15,39H,3-4,7-11H2,1-2H3. The van der Waals surface area contributed by atoms with Crippen LogP contribution in [0.5, 0.6) is 0 Å². The van der Waals surface area contributed by atoms with Crippen LogP contribution < -0.4 is 9.80 Å². The van der Waals surface area contributed by atoms with Crippen molar-refractivity contribution in [3.05, 3.63) is 59.7 Å². The SMILES string of the molecule is CC(C)(O)c1nc(N2CCC3(CCCC(=O)N3c3ccc(F)c(F)c3)CC2)cc(-n2cc(C(F)(F)F)cn2)n1. The molecule has 0 saturated carbocycles. The van der Waals surface area contributed by atoms with Gasteiger partial charge in [0.25, 0.3) is 0 Å². The normalized spacial score (nSPS) is 18.2. The fourth-order valence-corrected chi connectivity index (χ4v) is 5.29. The summed E-state index contributed by atoms with van der Waals surface area (Å²) in [5, 5.41) is 14.4. The Kier molecular flexibility index (Phi) is 6.60. The number of rotatable bonds is 4. The maximum absolute atomic E-state index is 14.1. The molecule has 8 nitrogen and oxygen atoms in total. The van der Waals surface area contributed by atoms with Gasteiger partial charge in [-0.05, 0) is 51.7 Å². The van der Waals surface area contributed by atoms with Crippen molar-refractivity contribution < 1.29 is 31.9 Å². The Balaban J connectivity index is 1.45. The Labute approximate surface area is 221 Å². The topological polar surface area (TPSA) is 87.4 Å². The number of anilines is 2. The number of aromatic nitrogens is 4. The van der Waals surface area contributed by atoms with E-state index in [9.17, 15) is 31.9 Å². The van der Waals surface area contributed by atoms with Crippen molar-refractivity contribution in [3.8, 4) is 5.82 Å². The van der Waals surface area contributed by atoms with E-state index in [1.165, 1.54) is 26.0 Å². The minimum Gasteiger partial charge on any atom is -0.382 e. The monoisotopic (exact) mass is 550 g/mol. The van der Waals surface area contributed by atoms with Gasteiger partial charge in [0, 0.05) is 43.5 Å². The maximum atomic E-state index is 14.1. The van der Waals surface area contributed by atoms with Gasteiger partial charge in [0.05, 0.1) is 17.3 Å². The molecule has 39 heavy (non-hydrogen) atoms. The second-order valence-corrected chi connectivity index (χ2v) is 10.5. The first kappa shape index (κ1) is 27.0. The molecular formula is C26H27F5N6O2. The molecule has 5 rings (SSSR count). The van der Waals surface area contributed by atoms with Crippen LogP contribution in [0.15, 0.2) is 36.7 Å². The molecule has 2 aliphatic rings. The van der Waals surface area contributed by atoms with Crippen LogP contribution in [0.25, 0.3) is 5.82 Å². The summed E-state index contributed by atoms with van der Waals surface area (Å²) >= 11 is 0. The summed E-state index contributed by atoms with van der Waals surface area (Å²) in [6.07, 6.45) is -0.418. The third kappa shape index (κ3) is 5.19. The molecule has 208 valence electrons. The van der Waals surface area contributed by atoms with E-state index in [4.69, 9.17) is 0 Å². The van der Waals surface area contributed by atoms with Gasteiger partial charge in [0.15, 0.2) is 23.3 Å².